The van der Waals surface area contributed by atoms with E-state index in [2.05, 4.69) is 4.98 Å². The highest BCUT2D eigenvalue weighted by molar-refractivity contribution is 5.88. The van der Waals surface area contributed by atoms with Crippen molar-refractivity contribution in [2.24, 2.45) is 0 Å². The molecule has 0 amide bonds. The minimum atomic E-state index is -1.59. The highest BCUT2D eigenvalue weighted by atomic mass is 19.2. The number of halogens is 2. The van der Waals surface area contributed by atoms with Gasteiger partial charge in [0.2, 0.25) is 11.6 Å². The first-order valence-corrected chi connectivity index (χ1v) is 5.40. The zero-order valence-electron chi connectivity index (χ0n) is 10.1. The van der Waals surface area contributed by atoms with Gasteiger partial charge in [-0.2, -0.15) is 4.39 Å². The molecule has 21 heavy (non-hydrogen) atoms. The molecule has 0 spiro atoms. The maximum atomic E-state index is 13.7. The summed E-state index contributed by atoms with van der Waals surface area (Å²) in [5.74, 6) is -5.90. The van der Waals surface area contributed by atoms with E-state index in [0.717, 1.165) is 12.3 Å². The van der Waals surface area contributed by atoms with Gasteiger partial charge in [-0.3, -0.25) is 10.1 Å². The molecule has 0 aliphatic heterocycles. The van der Waals surface area contributed by atoms with Gasteiger partial charge >= 0.3 is 11.7 Å². The van der Waals surface area contributed by atoms with E-state index in [1.807, 2.05) is 0 Å². The highest BCUT2D eigenvalue weighted by Crippen LogP contribution is 2.35. The van der Waals surface area contributed by atoms with Crippen LogP contribution in [0, 0.1) is 21.7 Å². The second-order valence-corrected chi connectivity index (χ2v) is 3.72. The van der Waals surface area contributed by atoms with Crippen LogP contribution >= 0.6 is 0 Å². The molecule has 0 aliphatic rings. The number of rotatable bonds is 4. The number of carboxylic acids is 1. The normalized spacial score (nSPS) is 10.2. The maximum Gasteiger partial charge on any atom is 0.358 e. The first-order chi connectivity index (χ1) is 9.91. The monoisotopic (exact) mass is 296 g/mol. The van der Waals surface area contributed by atoms with Crippen molar-refractivity contribution < 1.29 is 28.3 Å². The number of carbonyl (C=O) groups is 1. The summed E-state index contributed by atoms with van der Waals surface area (Å²) in [5.41, 5.74) is -1.43. The number of benzene rings is 1. The van der Waals surface area contributed by atoms with E-state index in [0.29, 0.717) is 12.1 Å². The van der Waals surface area contributed by atoms with Gasteiger partial charge in [-0.1, -0.05) is 0 Å². The lowest BCUT2D eigenvalue weighted by Crippen LogP contribution is -2.05. The number of nitrogens with zero attached hydrogens (tertiary/aromatic N) is 2. The second-order valence-electron chi connectivity index (χ2n) is 3.72. The third-order valence-corrected chi connectivity index (χ3v) is 2.41. The molecule has 0 atom stereocenters. The number of nitro benzene ring substituents is 1. The molecule has 1 heterocycles. The number of ether oxygens (including phenoxy) is 1. The number of hydrogen-bond acceptors (Lipinski definition) is 5. The standard InChI is InChI=1S/C12H6F2N2O5/c13-6-3-4-7(16(19)20)11(9(6)14)21-8-2-1-5-15-10(8)12(17)18/h1-5H,(H,17,18). The molecule has 1 aromatic heterocycles. The minimum absolute atomic E-state index is 0.447. The van der Waals surface area contributed by atoms with Crippen LogP contribution in [0.4, 0.5) is 14.5 Å². The molecule has 9 heteroatoms. The van der Waals surface area contributed by atoms with Crippen LogP contribution in [-0.2, 0) is 0 Å². The van der Waals surface area contributed by atoms with Crippen molar-refractivity contribution in [2.75, 3.05) is 0 Å². The number of aromatic carboxylic acids is 1. The lowest BCUT2D eigenvalue weighted by molar-refractivity contribution is -0.385. The summed E-state index contributed by atoms with van der Waals surface area (Å²) in [4.78, 5) is 24.3. The van der Waals surface area contributed by atoms with Crippen molar-refractivity contribution in [3.63, 3.8) is 0 Å². The SMILES string of the molecule is O=C(O)c1ncccc1Oc1c([N+](=O)[O-])ccc(F)c1F. The van der Waals surface area contributed by atoms with Crippen molar-refractivity contribution in [3.8, 4) is 11.5 Å². The summed E-state index contributed by atoms with van der Waals surface area (Å²) in [6.45, 7) is 0. The number of nitro groups is 1. The van der Waals surface area contributed by atoms with Crippen LogP contribution in [0.5, 0.6) is 11.5 Å². The Kier molecular flexibility index (Phi) is 3.74. The largest absolute Gasteiger partial charge is 0.476 e. The molecule has 2 rings (SSSR count). The summed E-state index contributed by atoms with van der Waals surface area (Å²) in [5, 5.41) is 19.7. The number of hydrogen-bond donors (Lipinski definition) is 1. The third kappa shape index (κ3) is 2.76. The molecule has 1 aromatic carbocycles. The van der Waals surface area contributed by atoms with E-state index in [4.69, 9.17) is 9.84 Å². The summed E-state index contributed by atoms with van der Waals surface area (Å²) < 4.78 is 31.7. The molecule has 0 aliphatic carbocycles. The van der Waals surface area contributed by atoms with Crippen molar-refractivity contribution in [2.45, 2.75) is 0 Å². The van der Waals surface area contributed by atoms with Crippen LogP contribution in [0.2, 0.25) is 0 Å². The summed E-state index contributed by atoms with van der Waals surface area (Å²) in [6.07, 6.45) is 1.15. The molecular weight excluding hydrogens is 290 g/mol. The summed E-state index contributed by atoms with van der Waals surface area (Å²) in [6, 6.07) is 3.68. The zero-order chi connectivity index (χ0) is 15.6. The summed E-state index contributed by atoms with van der Waals surface area (Å²) in [7, 11) is 0. The van der Waals surface area contributed by atoms with Gasteiger partial charge in [0.15, 0.2) is 17.3 Å². The van der Waals surface area contributed by atoms with Gasteiger partial charge < -0.3 is 9.84 Å². The van der Waals surface area contributed by atoms with Crippen molar-refractivity contribution in [1.29, 1.82) is 0 Å². The third-order valence-electron chi connectivity index (χ3n) is 2.41. The zero-order valence-corrected chi connectivity index (χ0v) is 10.1. The predicted octanol–water partition coefficient (Wildman–Crippen LogP) is 2.76. The smallest absolute Gasteiger partial charge is 0.358 e. The van der Waals surface area contributed by atoms with Crippen LogP contribution in [0.25, 0.3) is 0 Å². The van der Waals surface area contributed by atoms with Gasteiger partial charge in [0.05, 0.1) is 4.92 Å². The first-order valence-electron chi connectivity index (χ1n) is 5.40. The molecule has 2 aromatic rings. The molecule has 0 fully saturated rings. The fourth-order valence-electron chi connectivity index (χ4n) is 1.51. The Morgan fingerprint density at radius 3 is 2.67 bits per heavy atom. The molecule has 0 radical (unpaired) electrons. The Labute approximate surface area is 115 Å². The van der Waals surface area contributed by atoms with Crippen LogP contribution in [0.15, 0.2) is 30.5 Å². The molecule has 108 valence electrons. The van der Waals surface area contributed by atoms with Gasteiger partial charge in [-0.05, 0) is 18.2 Å². The summed E-state index contributed by atoms with van der Waals surface area (Å²) >= 11 is 0. The Morgan fingerprint density at radius 2 is 2.05 bits per heavy atom. The lowest BCUT2D eigenvalue weighted by atomic mass is 10.2. The molecule has 0 saturated heterocycles. The number of pyridine rings is 1. The molecule has 0 unspecified atom stereocenters. The van der Waals surface area contributed by atoms with Gasteiger partial charge in [-0.25, -0.2) is 14.2 Å². The van der Waals surface area contributed by atoms with E-state index < -0.39 is 45.4 Å². The fourth-order valence-corrected chi connectivity index (χ4v) is 1.51. The van der Waals surface area contributed by atoms with Crippen LogP contribution in [0.1, 0.15) is 10.5 Å². The quantitative estimate of drug-likeness (QED) is 0.687. The Bertz CT molecular complexity index is 736. The van der Waals surface area contributed by atoms with Gasteiger partial charge in [0, 0.05) is 12.3 Å². The van der Waals surface area contributed by atoms with Gasteiger partial charge in [-0.15, -0.1) is 0 Å². The van der Waals surface area contributed by atoms with Crippen molar-refractivity contribution in [1.82, 2.24) is 4.98 Å². The van der Waals surface area contributed by atoms with E-state index in [-0.39, 0.29) is 0 Å². The topological polar surface area (TPSA) is 103 Å². The van der Waals surface area contributed by atoms with Crippen LogP contribution in [0.3, 0.4) is 0 Å². The highest BCUT2D eigenvalue weighted by Gasteiger charge is 2.25. The average Bonchev–Trinajstić information content (AvgIpc) is 2.44. The number of carboxylic acid groups (broad SMARTS) is 1. The maximum absolute atomic E-state index is 13.7. The fraction of sp³-hybridized carbons (Fsp3) is 0. The molecule has 0 saturated carbocycles. The van der Waals surface area contributed by atoms with E-state index in [9.17, 15) is 23.7 Å². The van der Waals surface area contributed by atoms with Gasteiger partial charge in [0.25, 0.3) is 0 Å². The number of aromatic nitrogens is 1. The van der Waals surface area contributed by atoms with Crippen LogP contribution in [-0.4, -0.2) is 21.0 Å². The second kappa shape index (κ2) is 5.49. The minimum Gasteiger partial charge on any atom is -0.476 e. The Hall–Kier alpha value is -3.10. The van der Waals surface area contributed by atoms with E-state index in [1.54, 1.807) is 0 Å². The molecule has 0 bridgehead atoms. The van der Waals surface area contributed by atoms with Crippen molar-refractivity contribution in [3.05, 3.63) is 57.9 Å². The van der Waals surface area contributed by atoms with Crippen LogP contribution < -0.4 is 4.74 Å². The van der Waals surface area contributed by atoms with Crippen molar-refractivity contribution >= 4 is 11.7 Å². The Morgan fingerprint density at radius 1 is 1.33 bits per heavy atom. The molecular formula is C12H6F2N2O5. The molecule has 7 nitrogen and oxygen atoms in total. The Balaban J connectivity index is 2.57. The lowest BCUT2D eigenvalue weighted by Gasteiger charge is -2.09. The average molecular weight is 296 g/mol. The first kappa shape index (κ1) is 14.3. The predicted molar refractivity (Wildman–Crippen MR) is 64.3 cm³/mol. The van der Waals surface area contributed by atoms with Gasteiger partial charge in [0.1, 0.15) is 0 Å². The molecule has 1 N–H and O–H groups in total. The van der Waals surface area contributed by atoms with E-state index >= 15 is 0 Å². The van der Waals surface area contributed by atoms with E-state index in [1.165, 1.54) is 6.07 Å².